The summed E-state index contributed by atoms with van der Waals surface area (Å²) in [5.74, 6) is -1.10. The van der Waals surface area contributed by atoms with E-state index >= 15 is 0 Å². The average Bonchev–Trinajstić information content (AvgIpc) is 3.39. The third kappa shape index (κ3) is 57.8. The Labute approximate surface area is 448 Å². The summed E-state index contributed by atoms with van der Waals surface area (Å²) in [7, 11) is 0. The van der Waals surface area contributed by atoms with Crippen molar-refractivity contribution in [3.05, 3.63) is 158 Å². The lowest BCUT2D eigenvalue weighted by atomic mass is 10.1. The van der Waals surface area contributed by atoms with Gasteiger partial charge in [-0.2, -0.15) is 0 Å². The van der Waals surface area contributed by atoms with Gasteiger partial charge >= 0.3 is 17.9 Å². The Kier molecular flexibility index (Phi) is 55.5. The lowest BCUT2D eigenvalue weighted by Crippen LogP contribution is -2.30. The van der Waals surface area contributed by atoms with Gasteiger partial charge < -0.3 is 14.2 Å². The molecule has 0 amide bonds. The fourth-order valence-corrected chi connectivity index (χ4v) is 7.17. The van der Waals surface area contributed by atoms with Gasteiger partial charge in [-0.3, -0.25) is 14.4 Å². The third-order valence-corrected chi connectivity index (χ3v) is 11.5. The summed E-state index contributed by atoms with van der Waals surface area (Å²) in [5, 5.41) is 0. The minimum Gasteiger partial charge on any atom is -0.462 e. The maximum atomic E-state index is 12.9. The molecule has 0 spiro atoms. The van der Waals surface area contributed by atoms with Crippen LogP contribution in [0.3, 0.4) is 0 Å². The van der Waals surface area contributed by atoms with E-state index in [2.05, 4.69) is 167 Å². The Morgan fingerprint density at radius 1 is 0.288 bits per heavy atom. The van der Waals surface area contributed by atoms with Gasteiger partial charge in [-0.15, -0.1) is 0 Å². The first kappa shape index (κ1) is 68.0. The molecule has 0 aromatic carbocycles. The van der Waals surface area contributed by atoms with Crippen molar-refractivity contribution in [2.24, 2.45) is 0 Å². The number of unbranched alkanes of at least 4 members (excludes halogenated alkanes) is 13. The van der Waals surface area contributed by atoms with E-state index in [9.17, 15) is 14.4 Å². The topological polar surface area (TPSA) is 78.9 Å². The van der Waals surface area contributed by atoms with Crippen molar-refractivity contribution in [3.8, 4) is 0 Å². The van der Waals surface area contributed by atoms with E-state index in [0.717, 1.165) is 109 Å². The van der Waals surface area contributed by atoms with Crippen molar-refractivity contribution in [2.75, 3.05) is 13.2 Å². The fourth-order valence-electron chi connectivity index (χ4n) is 7.17. The minimum atomic E-state index is -0.847. The maximum Gasteiger partial charge on any atom is 0.306 e. The Hall–Kier alpha value is -4.97. The van der Waals surface area contributed by atoms with Crippen molar-refractivity contribution in [1.82, 2.24) is 0 Å². The molecule has 1 atom stereocenters. The molecule has 0 bridgehead atoms. The molecule has 0 fully saturated rings. The zero-order chi connectivity index (χ0) is 52.9. The van der Waals surface area contributed by atoms with E-state index in [1.54, 1.807) is 0 Å². The molecule has 0 heterocycles. The molecule has 0 rings (SSSR count). The summed E-state index contributed by atoms with van der Waals surface area (Å²) >= 11 is 0. The molecular weight excluding hydrogens is 901 g/mol. The van der Waals surface area contributed by atoms with E-state index in [0.29, 0.717) is 12.8 Å². The largest absolute Gasteiger partial charge is 0.462 e. The summed E-state index contributed by atoms with van der Waals surface area (Å²) < 4.78 is 16.7. The third-order valence-electron chi connectivity index (χ3n) is 11.5. The van der Waals surface area contributed by atoms with Crippen molar-refractivity contribution in [3.63, 3.8) is 0 Å². The molecule has 0 aromatic heterocycles. The van der Waals surface area contributed by atoms with Gasteiger partial charge in [0.2, 0.25) is 0 Å². The normalized spacial score (nSPS) is 13.3. The Morgan fingerprint density at radius 3 is 0.959 bits per heavy atom. The SMILES string of the molecule is CC/C=C\C/C=C\C/C=C\C/C=C\C/C=C\C/C=C\CCC(=O)OC[C@@H](COC(=O)CCC/C=C\C/C=C\C/C=C\C/C=C\CCCCC)OC(=O)CCCCCCCC/C=C\C/C=C\C/C=C\CCCCC. The fraction of sp³-hybridized carbons (Fsp3) is 0.567. The van der Waals surface area contributed by atoms with Crippen LogP contribution < -0.4 is 0 Å². The standard InChI is InChI=1S/C67H104O6/c1-4-7-10-13-16-19-22-25-28-31-33-36-39-42-45-48-51-54-57-60-66(69)72-63-64(62-71-65(68)59-56-53-50-47-44-41-38-35-30-27-24-21-18-15-12-9-6-3)73-67(70)61-58-55-52-49-46-43-40-37-34-32-29-26-23-20-17-14-11-8-5-2/h7,10,16-21,25-30,33-34,36-38,41-42,45,47,50-51,54,64H,4-6,8-9,11-15,22-24,31-32,35,39-40,43-44,46,48-49,52-53,55-63H2,1-3H3/b10-7-,19-16-,20-17-,21-18-,28-25-,29-26-,30-27-,36-33-,37-34-,41-38-,45-42-,50-47-,54-51-/t64-/m1/s1. The number of esters is 3. The van der Waals surface area contributed by atoms with Crippen LogP contribution in [0.25, 0.3) is 0 Å². The lowest BCUT2D eigenvalue weighted by Gasteiger charge is -2.18. The smallest absolute Gasteiger partial charge is 0.306 e. The van der Waals surface area contributed by atoms with Gasteiger partial charge in [0.05, 0.1) is 0 Å². The molecule has 6 nitrogen and oxygen atoms in total. The Bertz CT molecular complexity index is 1670. The van der Waals surface area contributed by atoms with Crippen molar-refractivity contribution in [2.45, 2.75) is 232 Å². The van der Waals surface area contributed by atoms with Gasteiger partial charge in [-0.05, 0) is 135 Å². The van der Waals surface area contributed by atoms with E-state index in [4.69, 9.17) is 14.2 Å². The number of allylic oxidation sites excluding steroid dienone is 26. The predicted octanol–water partition coefficient (Wildman–Crippen LogP) is 19.8. The zero-order valence-corrected chi connectivity index (χ0v) is 46.6. The van der Waals surface area contributed by atoms with Gasteiger partial charge in [-0.25, -0.2) is 0 Å². The van der Waals surface area contributed by atoms with Crippen LogP contribution in [-0.4, -0.2) is 37.2 Å². The van der Waals surface area contributed by atoms with Crippen LogP contribution in [0.4, 0.5) is 0 Å². The first-order valence-corrected chi connectivity index (χ1v) is 29.0. The lowest BCUT2D eigenvalue weighted by molar-refractivity contribution is -0.166. The van der Waals surface area contributed by atoms with Crippen molar-refractivity contribution < 1.29 is 28.6 Å². The predicted molar refractivity (Wildman–Crippen MR) is 315 cm³/mol. The first-order chi connectivity index (χ1) is 36.0. The monoisotopic (exact) mass is 1000 g/mol. The van der Waals surface area contributed by atoms with Crippen molar-refractivity contribution in [1.29, 1.82) is 0 Å². The number of carbonyl (C=O) groups excluding carboxylic acids is 3. The molecule has 73 heavy (non-hydrogen) atoms. The van der Waals surface area contributed by atoms with Crippen LogP contribution in [0.5, 0.6) is 0 Å². The molecule has 6 heteroatoms. The average molecular weight is 1010 g/mol. The molecule has 0 aliphatic carbocycles. The highest BCUT2D eigenvalue weighted by Gasteiger charge is 2.19. The highest BCUT2D eigenvalue weighted by Crippen LogP contribution is 2.12. The summed E-state index contributed by atoms with van der Waals surface area (Å²) in [6.07, 6.45) is 86.7. The molecular formula is C67H104O6. The van der Waals surface area contributed by atoms with E-state index < -0.39 is 6.10 Å². The van der Waals surface area contributed by atoms with E-state index in [1.807, 2.05) is 12.2 Å². The van der Waals surface area contributed by atoms with Crippen LogP contribution in [0.15, 0.2) is 158 Å². The highest BCUT2D eigenvalue weighted by atomic mass is 16.6. The van der Waals surface area contributed by atoms with E-state index in [-0.39, 0.29) is 50.4 Å². The van der Waals surface area contributed by atoms with Crippen molar-refractivity contribution >= 4 is 17.9 Å². The molecule has 0 N–H and O–H groups in total. The molecule has 0 saturated carbocycles. The van der Waals surface area contributed by atoms with Crippen LogP contribution in [0, 0.1) is 0 Å². The van der Waals surface area contributed by atoms with E-state index in [1.165, 1.54) is 64.2 Å². The molecule has 0 aliphatic rings. The molecule has 0 aliphatic heterocycles. The molecule has 0 aromatic rings. The number of hydrogen-bond acceptors (Lipinski definition) is 6. The molecule has 0 saturated heterocycles. The first-order valence-electron chi connectivity index (χ1n) is 29.0. The number of carbonyl (C=O) groups is 3. The summed E-state index contributed by atoms with van der Waals surface area (Å²) in [6.45, 7) is 6.33. The van der Waals surface area contributed by atoms with Crippen LogP contribution in [0.1, 0.15) is 226 Å². The summed E-state index contributed by atoms with van der Waals surface area (Å²) in [5.41, 5.74) is 0. The van der Waals surface area contributed by atoms with Crippen LogP contribution in [-0.2, 0) is 28.6 Å². The number of ether oxygens (including phenoxy) is 3. The van der Waals surface area contributed by atoms with Crippen LogP contribution >= 0.6 is 0 Å². The molecule has 408 valence electrons. The quantitative estimate of drug-likeness (QED) is 0.0261. The van der Waals surface area contributed by atoms with Gasteiger partial charge in [0.1, 0.15) is 13.2 Å². The summed E-state index contributed by atoms with van der Waals surface area (Å²) in [6, 6.07) is 0. The second-order valence-electron chi connectivity index (χ2n) is 18.5. The summed E-state index contributed by atoms with van der Waals surface area (Å²) in [4.78, 5) is 38.2. The van der Waals surface area contributed by atoms with Gasteiger partial charge in [0, 0.05) is 19.3 Å². The van der Waals surface area contributed by atoms with Gasteiger partial charge in [0.25, 0.3) is 0 Å². The Balaban J connectivity index is 4.64. The Morgan fingerprint density at radius 2 is 0.575 bits per heavy atom. The number of rotatable bonds is 50. The second-order valence-corrected chi connectivity index (χ2v) is 18.5. The number of hydrogen-bond donors (Lipinski definition) is 0. The van der Waals surface area contributed by atoms with Gasteiger partial charge in [-0.1, -0.05) is 230 Å². The zero-order valence-electron chi connectivity index (χ0n) is 46.6. The van der Waals surface area contributed by atoms with Gasteiger partial charge in [0.15, 0.2) is 6.10 Å². The second kappa shape index (κ2) is 59.6. The molecule has 0 unspecified atom stereocenters. The maximum absolute atomic E-state index is 12.9. The highest BCUT2D eigenvalue weighted by molar-refractivity contribution is 5.71. The molecule has 0 radical (unpaired) electrons. The van der Waals surface area contributed by atoms with Crippen LogP contribution in [0.2, 0.25) is 0 Å². The minimum absolute atomic E-state index is 0.142.